The molecular weight excluding hydrogens is 290 g/mol. The van der Waals surface area contributed by atoms with Crippen LogP contribution >= 0.6 is 0 Å². The lowest BCUT2D eigenvalue weighted by Gasteiger charge is -2.28. The molecule has 1 atom stereocenters. The van der Waals surface area contributed by atoms with Crippen molar-refractivity contribution in [2.75, 3.05) is 6.54 Å². The fraction of sp³-hybridized carbons (Fsp3) is 0.579. The molecular formula is C19H27NO3. The van der Waals surface area contributed by atoms with E-state index in [1.807, 2.05) is 45.0 Å². The van der Waals surface area contributed by atoms with Crippen LogP contribution in [0.15, 0.2) is 24.3 Å². The van der Waals surface area contributed by atoms with Crippen LogP contribution in [0.25, 0.3) is 0 Å². The number of amides is 1. The minimum absolute atomic E-state index is 0.0526. The van der Waals surface area contributed by atoms with Gasteiger partial charge in [0.1, 0.15) is 5.60 Å². The third kappa shape index (κ3) is 4.81. The zero-order valence-electron chi connectivity index (χ0n) is 14.6. The number of Topliss-reactive ketones (excluding diaryl/α,β-unsaturated/α-hetero) is 1. The molecule has 1 saturated heterocycles. The molecule has 0 aliphatic carbocycles. The van der Waals surface area contributed by atoms with Crippen LogP contribution in [0.2, 0.25) is 0 Å². The van der Waals surface area contributed by atoms with Gasteiger partial charge in [0, 0.05) is 24.6 Å². The van der Waals surface area contributed by atoms with Gasteiger partial charge in [-0.3, -0.25) is 4.79 Å². The van der Waals surface area contributed by atoms with Gasteiger partial charge in [-0.05, 0) is 45.6 Å². The van der Waals surface area contributed by atoms with E-state index in [-0.39, 0.29) is 17.9 Å². The Balaban J connectivity index is 2.00. The van der Waals surface area contributed by atoms with E-state index in [1.54, 1.807) is 4.90 Å². The van der Waals surface area contributed by atoms with Crippen molar-refractivity contribution in [1.82, 2.24) is 4.90 Å². The lowest BCUT2D eigenvalue weighted by Crippen LogP contribution is -2.40. The Morgan fingerprint density at radius 2 is 1.87 bits per heavy atom. The largest absolute Gasteiger partial charge is 0.444 e. The van der Waals surface area contributed by atoms with Gasteiger partial charge in [-0.2, -0.15) is 0 Å². The van der Waals surface area contributed by atoms with Crippen molar-refractivity contribution in [1.29, 1.82) is 0 Å². The van der Waals surface area contributed by atoms with Crippen molar-refractivity contribution in [3.63, 3.8) is 0 Å². The van der Waals surface area contributed by atoms with Gasteiger partial charge in [0.15, 0.2) is 5.78 Å². The molecule has 0 aromatic heterocycles. The van der Waals surface area contributed by atoms with Crippen LogP contribution in [-0.2, 0) is 11.2 Å². The Bertz CT molecular complexity index is 557. The molecule has 1 unspecified atom stereocenters. The van der Waals surface area contributed by atoms with Crippen molar-refractivity contribution in [2.45, 2.75) is 65.0 Å². The molecule has 2 rings (SSSR count). The van der Waals surface area contributed by atoms with Crippen LogP contribution < -0.4 is 0 Å². The zero-order chi connectivity index (χ0) is 17.0. The van der Waals surface area contributed by atoms with E-state index in [1.165, 1.54) is 5.56 Å². The lowest BCUT2D eigenvalue weighted by atomic mass is 10.0. The first-order valence-electron chi connectivity index (χ1n) is 8.42. The highest BCUT2D eigenvalue weighted by Gasteiger charge is 2.33. The average Bonchev–Trinajstić information content (AvgIpc) is 2.94. The molecule has 0 saturated carbocycles. The van der Waals surface area contributed by atoms with Gasteiger partial charge >= 0.3 is 6.09 Å². The zero-order valence-corrected chi connectivity index (χ0v) is 14.6. The first kappa shape index (κ1) is 17.5. The molecule has 1 fully saturated rings. The lowest BCUT2D eigenvalue weighted by molar-refractivity contribution is 0.0223. The molecule has 0 spiro atoms. The van der Waals surface area contributed by atoms with E-state index in [4.69, 9.17) is 4.74 Å². The standard InChI is InChI=1S/C19H27NO3/c1-5-14-8-10-15(11-9-14)17(21)13-16-7-6-12-20(16)18(22)23-19(2,3)4/h8-11,16H,5-7,12-13H2,1-4H3. The Hall–Kier alpha value is -1.84. The number of aryl methyl sites for hydroxylation is 1. The maximum atomic E-state index is 12.5. The Kier molecular flexibility index (Phi) is 5.45. The molecule has 1 aliphatic rings. The quantitative estimate of drug-likeness (QED) is 0.781. The highest BCUT2D eigenvalue weighted by Crippen LogP contribution is 2.24. The number of rotatable bonds is 4. The summed E-state index contributed by atoms with van der Waals surface area (Å²) in [5.74, 6) is 0.0908. The molecule has 1 aliphatic heterocycles. The van der Waals surface area contributed by atoms with Crippen LogP contribution in [0.4, 0.5) is 4.79 Å². The molecule has 1 amide bonds. The van der Waals surface area contributed by atoms with Crippen molar-refractivity contribution in [3.8, 4) is 0 Å². The highest BCUT2D eigenvalue weighted by atomic mass is 16.6. The van der Waals surface area contributed by atoms with E-state index in [0.717, 1.165) is 24.8 Å². The molecule has 1 heterocycles. The Morgan fingerprint density at radius 1 is 1.22 bits per heavy atom. The van der Waals surface area contributed by atoms with Gasteiger partial charge in [-0.25, -0.2) is 4.79 Å². The second-order valence-corrected chi connectivity index (χ2v) is 7.15. The van der Waals surface area contributed by atoms with E-state index in [9.17, 15) is 9.59 Å². The van der Waals surface area contributed by atoms with Crippen LogP contribution in [0.5, 0.6) is 0 Å². The van der Waals surface area contributed by atoms with Crippen LogP contribution in [-0.4, -0.2) is 35.0 Å². The molecule has 126 valence electrons. The normalized spacial score (nSPS) is 18.1. The second kappa shape index (κ2) is 7.16. The molecule has 4 nitrogen and oxygen atoms in total. The van der Waals surface area contributed by atoms with E-state index < -0.39 is 5.60 Å². The van der Waals surface area contributed by atoms with Gasteiger partial charge in [0.05, 0.1) is 0 Å². The maximum absolute atomic E-state index is 12.5. The molecule has 4 heteroatoms. The summed E-state index contributed by atoms with van der Waals surface area (Å²) >= 11 is 0. The number of ether oxygens (including phenoxy) is 1. The van der Waals surface area contributed by atoms with Crippen molar-refractivity contribution in [3.05, 3.63) is 35.4 Å². The maximum Gasteiger partial charge on any atom is 0.410 e. The third-order valence-electron chi connectivity index (χ3n) is 4.11. The van der Waals surface area contributed by atoms with Gasteiger partial charge in [-0.1, -0.05) is 31.2 Å². The summed E-state index contributed by atoms with van der Waals surface area (Å²) in [6.45, 7) is 8.33. The van der Waals surface area contributed by atoms with Crippen LogP contribution in [0.1, 0.15) is 62.9 Å². The minimum Gasteiger partial charge on any atom is -0.444 e. The van der Waals surface area contributed by atoms with Gasteiger partial charge < -0.3 is 9.64 Å². The summed E-state index contributed by atoms with van der Waals surface area (Å²) < 4.78 is 5.45. The average molecular weight is 317 g/mol. The van der Waals surface area contributed by atoms with Crippen molar-refractivity contribution < 1.29 is 14.3 Å². The van der Waals surface area contributed by atoms with Gasteiger partial charge in [0.25, 0.3) is 0 Å². The molecule has 0 N–H and O–H groups in total. The minimum atomic E-state index is -0.510. The number of likely N-dealkylation sites (tertiary alicyclic amines) is 1. The molecule has 1 aromatic carbocycles. The fourth-order valence-corrected chi connectivity index (χ4v) is 2.87. The molecule has 1 aromatic rings. The number of benzene rings is 1. The fourth-order valence-electron chi connectivity index (χ4n) is 2.87. The molecule has 0 radical (unpaired) electrons. The first-order chi connectivity index (χ1) is 10.8. The second-order valence-electron chi connectivity index (χ2n) is 7.15. The summed E-state index contributed by atoms with van der Waals surface area (Å²) in [6, 6.07) is 7.70. The number of carbonyl (C=O) groups excluding carboxylic acids is 2. The SMILES string of the molecule is CCc1ccc(C(=O)CC2CCCN2C(=O)OC(C)(C)C)cc1. The predicted octanol–water partition coefficient (Wildman–Crippen LogP) is 4.22. The van der Waals surface area contributed by atoms with Crippen molar-refractivity contribution in [2.24, 2.45) is 0 Å². The van der Waals surface area contributed by atoms with E-state index >= 15 is 0 Å². The Morgan fingerprint density at radius 3 is 2.43 bits per heavy atom. The predicted molar refractivity (Wildman–Crippen MR) is 90.7 cm³/mol. The number of hydrogen-bond acceptors (Lipinski definition) is 3. The summed E-state index contributed by atoms with van der Waals surface area (Å²) in [7, 11) is 0. The summed E-state index contributed by atoms with van der Waals surface area (Å²) in [6.07, 6.45) is 2.80. The molecule has 23 heavy (non-hydrogen) atoms. The van der Waals surface area contributed by atoms with E-state index in [0.29, 0.717) is 13.0 Å². The van der Waals surface area contributed by atoms with Crippen LogP contribution in [0.3, 0.4) is 0 Å². The van der Waals surface area contributed by atoms with Crippen molar-refractivity contribution >= 4 is 11.9 Å². The summed E-state index contributed by atoms with van der Waals surface area (Å²) in [5, 5.41) is 0. The van der Waals surface area contributed by atoms with E-state index in [2.05, 4.69) is 6.92 Å². The monoisotopic (exact) mass is 317 g/mol. The summed E-state index contributed by atoms with van der Waals surface area (Å²) in [5.41, 5.74) is 1.43. The highest BCUT2D eigenvalue weighted by molar-refractivity contribution is 5.96. The summed E-state index contributed by atoms with van der Waals surface area (Å²) in [4.78, 5) is 26.5. The smallest absolute Gasteiger partial charge is 0.410 e. The van der Waals surface area contributed by atoms with Crippen LogP contribution in [0, 0.1) is 0 Å². The topological polar surface area (TPSA) is 46.6 Å². The van der Waals surface area contributed by atoms with Gasteiger partial charge in [0.2, 0.25) is 0 Å². The number of ketones is 1. The third-order valence-corrected chi connectivity index (χ3v) is 4.11. The van der Waals surface area contributed by atoms with Gasteiger partial charge in [-0.15, -0.1) is 0 Å². The number of hydrogen-bond donors (Lipinski definition) is 0. The molecule has 0 bridgehead atoms. The number of nitrogens with zero attached hydrogens (tertiary/aromatic N) is 1. The first-order valence-corrected chi connectivity index (χ1v) is 8.42. The number of carbonyl (C=O) groups is 2. The Labute approximate surface area is 138 Å².